The predicted molar refractivity (Wildman–Crippen MR) is 135 cm³/mol. The predicted octanol–water partition coefficient (Wildman–Crippen LogP) is 4.48. The number of rotatable bonds is 4. The number of hydrogen-bond acceptors (Lipinski definition) is 5. The molecule has 2 aromatic heterocycles. The van der Waals surface area contributed by atoms with E-state index in [1.165, 1.54) is 11.8 Å². The van der Waals surface area contributed by atoms with E-state index >= 15 is 0 Å². The number of carbonyl (C=O) groups is 1. The van der Waals surface area contributed by atoms with E-state index in [2.05, 4.69) is 27.1 Å². The fourth-order valence-corrected chi connectivity index (χ4v) is 5.44. The van der Waals surface area contributed by atoms with Crippen molar-refractivity contribution in [2.75, 3.05) is 33.3 Å². The molecule has 0 N–H and O–H groups in total. The Hall–Kier alpha value is -3.92. The van der Waals surface area contributed by atoms with Crippen molar-refractivity contribution in [3.05, 3.63) is 82.7 Å². The lowest BCUT2D eigenvalue weighted by atomic mass is 9.87. The molecule has 2 aliphatic rings. The van der Waals surface area contributed by atoms with Gasteiger partial charge in [0.05, 0.1) is 19.0 Å². The van der Waals surface area contributed by atoms with E-state index < -0.39 is 11.9 Å². The Morgan fingerprint density at radius 2 is 1.79 bits per heavy atom. The van der Waals surface area contributed by atoms with Crippen molar-refractivity contribution in [1.29, 1.82) is 0 Å². The first kappa shape index (κ1) is 24.4. The number of alkyl halides is 3. The normalized spacial score (nSPS) is 15.8. The summed E-state index contributed by atoms with van der Waals surface area (Å²) in [5, 5.41) is 4.02. The van der Waals surface area contributed by atoms with Crippen molar-refractivity contribution in [2.24, 2.45) is 0 Å². The van der Waals surface area contributed by atoms with Crippen LogP contribution in [0.2, 0.25) is 0 Å². The Morgan fingerprint density at radius 3 is 2.50 bits per heavy atom. The van der Waals surface area contributed by atoms with Gasteiger partial charge in [-0.05, 0) is 42.2 Å². The molecule has 1 aliphatic carbocycles. The zero-order valence-corrected chi connectivity index (χ0v) is 20.8. The average Bonchev–Trinajstić information content (AvgIpc) is 3.34. The molecule has 3 heterocycles. The number of fused-ring (bicyclic) bond motifs is 4. The van der Waals surface area contributed by atoms with Gasteiger partial charge in [0.2, 0.25) is 0 Å². The van der Waals surface area contributed by atoms with E-state index in [1.54, 1.807) is 24.1 Å². The summed E-state index contributed by atoms with van der Waals surface area (Å²) >= 11 is 0. The van der Waals surface area contributed by atoms with Crippen LogP contribution in [0.4, 0.5) is 13.2 Å². The summed E-state index contributed by atoms with van der Waals surface area (Å²) < 4.78 is 49.2. The Morgan fingerprint density at radius 1 is 1.03 bits per heavy atom. The summed E-state index contributed by atoms with van der Waals surface area (Å²) in [6.07, 6.45) is -2.85. The highest BCUT2D eigenvalue weighted by atomic mass is 19.4. The summed E-state index contributed by atoms with van der Waals surface area (Å²) in [6, 6.07) is 15.4. The third kappa shape index (κ3) is 4.28. The molecule has 196 valence electrons. The Balaban J connectivity index is 1.34. The molecule has 0 spiro atoms. The molecule has 10 heteroatoms. The number of aryl methyl sites for hydroxylation is 1. The fraction of sp³-hybridized carbons (Fsp3) is 0.321. The van der Waals surface area contributed by atoms with Crippen molar-refractivity contribution >= 4 is 11.6 Å². The summed E-state index contributed by atoms with van der Waals surface area (Å²) in [4.78, 5) is 22.1. The van der Waals surface area contributed by atoms with Gasteiger partial charge in [0.25, 0.3) is 5.91 Å². The highest BCUT2D eigenvalue weighted by Crippen LogP contribution is 2.41. The summed E-state index contributed by atoms with van der Waals surface area (Å²) in [7, 11) is 1.55. The SMILES string of the molecule is COc1ccc2c(c1)CCc1c-2nc2c(C(=O)N3CCN(Cc4ccccc4)CC3)cnn2c1C(F)(F)F. The first-order chi connectivity index (χ1) is 18.3. The van der Waals surface area contributed by atoms with Gasteiger partial charge < -0.3 is 9.64 Å². The van der Waals surface area contributed by atoms with Crippen LogP contribution in [0.3, 0.4) is 0 Å². The number of nitrogens with zero attached hydrogens (tertiary/aromatic N) is 5. The van der Waals surface area contributed by atoms with Crippen molar-refractivity contribution in [3.8, 4) is 17.0 Å². The fourth-order valence-electron chi connectivity index (χ4n) is 5.44. The molecule has 0 radical (unpaired) electrons. The Labute approximate surface area is 217 Å². The van der Waals surface area contributed by atoms with Gasteiger partial charge in [-0.2, -0.15) is 18.3 Å². The molecule has 0 atom stereocenters. The third-order valence-electron chi connectivity index (χ3n) is 7.36. The molecular weight excluding hydrogens is 495 g/mol. The maximum absolute atomic E-state index is 14.4. The van der Waals surface area contributed by atoms with Crippen LogP contribution in [-0.4, -0.2) is 63.6 Å². The lowest BCUT2D eigenvalue weighted by Gasteiger charge is -2.34. The first-order valence-corrected chi connectivity index (χ1v) is 12.5. The minimum atomic E-state index is -4.66. The Kier molecular flexibility index (Phi) is 6.06. The number of amides is 1. The minimum absolute atomic E-state index is 0.0727. The van der Waals surface area contributed by atoms with Crippen LogP contribution in [-0.2, 0) is 25.6 Å². The minimum Gasteiger partial charge on any atom is -0.497 e. The first-order valence-electron chi connectivity index (χ1n) is 12.5. The topological polar surface area (TPSA) is 63.0 Å². The van der Waals surface area contributed by atoms with Crippen LogP contribution in [0.25, 0.3) is 16.9 Å². The number of ether oxygens (including phenoxy) is 1. The zero-order valence-electron chi connectivity index (χ0n) is 20.8. The second-order valence-electron chi connectivity index (χ2n) is 9.66. The summed E-state index contributed by atoms with van der Waals surface area (Å²) in [6.45, 7) is 3.08. The molecule has 2 aromatic carbocycles. The second-order valence-corrected chi connectivity index (χ2v) is 9.66. The van der Waals surface area contributed by atoms with Gasteiger partial charge in [-0.15, -0.1) is 0 Å². The van der Waals surface area contributed by atoms with Crippen LogP contribution in [0.15, 0.2) is 54.7 Å². The number of aromatic nitrogens is 3. The average molecular weight is 522 g/mol. The molecule has 1 fully saturated rings. The molecule has 0 bridgehead atoms. The van der Waals surface area contributed by atoms with Gasteiger partial charge in [-0.25, -0.2) is 9.50 Å². The van der Waals surface area contributed by atoms with Crippen molar-refractivity contribution in [1.82, 2.24) is 24.4 Å². The molecule has 1 aliphatic heterocycles. The number of piperazine rings is 1. The maximum atomic E-state index is 14.4. The molecule has 0 saturated carbocycles. The number of halogens is 3. The zero-order chi connectivity index (χ0) is 26.4. The lowest BCUT2D eigenvalue weighted by Crippen LogP contribution is -2.48. The molecule has 4 aromatic rings. The van der Waals surface area contributed by atoms with E-state index in [1.807, 2.05) is 24.3 Å². The number of hydrogen-bond donors (Lipinski definition) is 0. The number of methoxy groups -OCH3 is 1. The molecule has 7 nitrogen and oxygen atoms in total. The summed E-state index contributed by atoms with van der Waals surface area (Å²) in [5.41, 5.74) is 2.16. The molecule has 1 amide bonds. The second kappa shape index (κ2) is 9.43. The van der Waals surface area contributed by atoms with E-state index in [-0.39, 0.29) is 34.8 Å². The van der Waals surface area contributed by atoms with Gasteiger partial charge in [-0.1, -0.05) is 30.3 Å². The highest BCUT2D eigenvalue weighted by Gasteiger charge is 2.41. The number of carbonyl (C=O) groups excluding carboxylic acids is 1. The standard InChI is InChI=1S/C28H26F3N5O2/c1-38-20-8-10-21-19(15-20)7-9-22-24(21)33-26-23(16-32-36(26)25(22)28(29,30)31)27(37)35-13-11-34(12-14-35)17-18-5-3-2-4-6-18/h2-6,8,10,15-16H,7,9,11-14,17H2,1H3. The van der Waals surface area contributed by atoms with Crippen LogP contribution in [0.5, 0.6) is 5.75 Å². The largest absolute Gasteiger partial charge is 0.497 e. The Bertz CT molecular complexity index is 1510. The monoisotopic (exact) mass is 521 g/mol. The van der Waals surface area contributed by atoms with Crippen molar-refractivity contribution in [2.45, 2.75) is 25.6 Å². The highest BCUT2D eigenvalue weighted by molar-refractivity contribution is 6.00. The van der Waals surface area contributed by atoms with Crippen LogP contribution in [0, 0.1) is 0 Å². The molecule has 38 heavy (non-hydrogen) atoms. The van der Waals surface area contributed by atoms with E-state index in [0.29, 0.717) is 43.9 Å². The van der Waals surface area contributed by atoms with E-state index in [0.717, 1.165) is 16.6 Å². The quantitative estimate of drug-likeness (QED) is 0.396. The van der Waals surface area contributed by atoms with Crippen LogP contribution < -0.4 is 4.74 Å². The summed E-state index contributed by atoms with van der Waals surface area (Å²) in [5.74, 6) is 0.279. The van der Waals surface area contributed by atoms with Gasteiger partial charge in [0, 0.05) is 43.9 Å². The van der Waals surface area contributed by atoms with Crippen molar-refractivity contribution in [3.63, 3.8) is 0 Å². The third-order valence-corrected chi connectivity index (χ3v) is 7.36. The van der Waals surface area contributed by atoms with Gasteiger partial charge in [0.15, 0.2) is 11.3 Å². The maximum Gasteiger partial charge on any atom is 0.433 e. The molecule has 1 saturated heterocycles. The van der Waals surface area contributed by atoms with Crippen LogP contribution in [0.1, 0.15) is 32.7 Å². The molecule has 6 rings (SSSR count). The van der Waals surface area contributed by atoms with Gasteiger partial charge in [-0.3, -0.25) is 9.69 Å². The lowest BCUT2D eigenvalue weighted by molar-refractivity contribution is -0.143. The van der Waals surface area contributed by atoms with Crippen molar-refractivity contribution < 1.29 is 22.7 Å². The van der Waals surface area contributed by atoms with Gasteiger partial charge >= 0.3 is 6.18 Å². The van der Waals surface area contributed by atoms with Gasteiger partial charge in [0.1, 0.15) is 11.3 Å². The number of benzene rings is 2. The molecule has 0 unspecified atom stereocenters. The smallest absolute Gasteiger partial charge is 0.433 e. The molecular formula is C28H26F3N5O2. The van der Waals surface area contributed by atoms with E-state index in [9.17, 15) is 18.0 Å². The van der Waals surface area contributed by atoms with E-state index in [4.69, 9.17) is 4.74 Å². The van der Waals surface area contributed by atoms with Crippen LogP contribution >= 0.6 is 0 Å².